The topological polar surface area (TPSA) is 87.8 Å². The molecule has 0 spiro atoms. The quantitative estimate of drug-likeness (QED) is 0.439. The number of hydrogen-bond donors (Lipinski definition) is 2. The van der Waals surface area contributed by atoms with E-state index in [2.05, 4.69) is 26.5 Å². The minimum Gasteiger partial charge on any atom is -0.371 e. The van der Waals surface area contributed by atoms with E-state index >= 15 is 0 Å². The molecule has 1 aromatic carbocycles. The predicted molar refractivity (Wildman–Crippen MR) is 127 cm³/mol. The summed E-state index contributed by atoms with van der Waals surface area (Å²) >= 11 is 0. The number of nitrogens with one attached hydrogen (secondary N) is 2. The van der Waals surface area contributed by atoms with Crippen molar-refractivity contribution < 1.29 is 4.39 Å². The fourth-order valence-electron chi connectivity index (χ4n) is 4.12. The summed E-state index contributed by atoms with van der Waals surface area (Å²) in [7, 11) is 3.69. The molecule has 0 amide bonds. The highest BCUT2D eigenvalue weighted by Gasteiger charge is 2.23. The molecule has 33 heavy (non-hydrogen) atoms. The highest BCUT2D eigenvalue weighted by molar-refractivity contribution is 6.07. The number of pyridine rings is 1. The van der Waals surface area contributed by atoms with Gasteiger partial charge in [0.05, 0.1) is 31.0 Å². The fraction of sp³-hybridized carbons (Fsp3) is 0.333. The van der Waals surface area contributed by atoms with Gasteiger partial charge in [-0.15, -0.1) is 0 Å². The van der Waals surface area contributed by atoms with Crippen molar-refractivity contribution in [2.75, 3.05) is 12.4 Å². The molecule has 1 atom stereocenters. The molecule has 0 saturated carbocycles. The van der Waals surface area contributed by atoms with Crippen LogP contribution in [0.1, 0.15) is 20.8 Å². The number of aromatic nitrogens is 4. The predicted octanol–water partition coefficient (Wildman–Crippen LogP) is 4.60. The van der Waals surface area contributed by atoms with Crippen LogP contribution in [0.4, 0.5) is 15.9 Å². The van der Waals surface area contributed by atoms with Crippen LogP contribution in [-0.2, 0) is 13.6 Å². The summed E-state index contributed by atoms with van der Waals surface area (Å²) in [4.78, 5) is 12.7. The summed E-state index contributed by atoms with van der Waals surface area (Å²) in [5, 5.41) is 17.1. The van der Waals surface area contributed by atoms with E-state index in [0.29, 0.717) is 22.7 Å². The molecule has 3 heterocycles. The lowest BCUT2D eigenvalue weighted by molar-refractivity contribution is 0.375. The molecular formula is C24H25FN8. The summed E-state index contributed by atoms with van der Waals surface area (Å²) in [6, 6.07) is 8.00. The molecule has 0 saturated heterocycles. The first-order valence-electron chi connectivity index (χ1n) is 10.5. The lowest BCUT2D eigenvalue weighted by Gasteiger charge is -2.25. The standard InChI is InChI=1S/C24H25FN8/c1-24(2,3)31-17(11-26)12-33-19(14-7-15(25)9-16(8-14)27-4)10-18-21-20(29-13-32(21)6)22(28-5)30-23(18)33/h7-10,13,17,31H,12H2,1-3,5-6H3,(H,28,30). The van der Waals surface area contributed by atoms with Gasteiger partial charge in [0, 0.05) is 30.7 Å². The van der Waals surface area contributed by atoms with Gasteiger partial charge in [0.1, 0.15) is 23.0 Å². The fourth-order valence-corrected chi connectivity index (χ4v) is 4.12. The van der Waals surface area contributed by atoms with E-state index in [9.17, 15) is 9.65 Å². The van der Waals surface area contributed by atoms with Crippen molar-refractivity contribution in [3.05, 3.63) is 47.8 Å². The van der Waals surface area contributed by atoms with Gasteiger partial charge in [0.25, 0.3) is 0 Å². The molecule has 0 aliphatic rings. The normalized spacial score (nSPS) is 12.6. The number of nitriles is 1. The SMILES string of the molecule is [C-]#[N+]c1cc(F)cc(-c2cc3c4c(ncn4C)c(NC)nc3n2CC(C#N)NC(C)(C)C)c1. The summed E-state index contributed by atoms with van der Waals surface area (Å²) < 4.78 is 18.2. The van der Waals surface area contributed by atoms with Gasteiger partial charge in [-0.05, 0) is 50.6 Å². The van der Waals surface area contributed by atoms with E-state index in [1.54, 1.807) is 19.4 Å². The van der Waals surface area contributed by atoms with Crippen LogP contribution in [-0.4, -0.2) is 37.7 Å². The van der Waals surface area contributed by atoms with Gasteiger partial charge in [0.15, 0.2) is 11.5 Å². The average Bonchev–Trinajstić information content (AvgIpc) is 3.32. The zero-order valence-corrected chi connectivity index (χ0v) is 19.2. The number of hydrogen-bond acceptors (Lipinski definition) is 5. The Morgan fingerprint density at radius 3 is 2.67 bits per heavy atom. The van der Waals surface area contributed by atoms with Gasteiger partial charge in [0.2, 0.25) is 0 Å². The molecule has 4 aromatic rings. The first kappa shape index (κ1) is 22.3. The van der Waals surface area contributed by atoms with E-state index in [0.717, 1.165) is 16.4 Å². The monoisotopic (exact) mass is 444 g/mol. The molecule has 0 aliphatic heterocycles. The van der Waals surface area contributed by atoms with Crippen LogP contribution in [0.25, 0.3) is 38.2 Å². The second-order valence-electron chi connectivity index (χ2n) is 9.03. The zero-order chi connectivity index (χ0) is 23.9. The molecule has 1 unspecified atom stereocenters. The molecule has 0 aliphatic carbocycles. The van der Waals surface area contributed by atoms with Gasteiger partial charge >= 0.3 is 0 Å². The van der Waals surface area contributed by atoms with Crippen molar-refractivity contribution in [1.82, 2.24) is 24.4 Å². The molecule has 168 valence electrons. The molecule has 0 radical (unpaired) electrons. The van der Waals surface area contributed by atoms with Crippen LogP contribution in [0.5, 0.6) is 0 Å². The Hall–Kier alpha value is -3.95. The smallest absolute Gasteiger partial charge is 0.190 e. The lowest BCUT2D eigenvalue weighted by atomic mass is 10.1. The Labute approximate surface area is 191 Å². The van der Waals surface area contributed by atoms with Crippen molar-refractivity contribution in [1.29, 1.82) is 5.26 Å². The number of imidazole rings is 1. The van der Waals surface area contributed by atoms with Crippen molar-refractivity contribution >= 4 is 33.6 Å². The maximum absolute atomic E-state index is 14.4. The molecule has 8 nitrogen and oxygen atoms in total. The Morgan fingerprint density at radius 1 is 1.27 bits per heavy atom. The van der Waals surface area contributed by atoms with Crippen LogP contribution in [0, 0.1) is 23.7 Å². The first-order valence-corrected chi connectivity index (χ1v) is 10.5. The van der Waals surface area contributed by atoms with Gasteiger partial charge < -0.3 is 14.5 Å². The largest absolute Gasteiger partial charge is 0.371 e. The highest BCUT2D eigenvalue weighted by Crippen LogP contribution is 2.36. The van der Waals surface area contributed by atoms with Crippen LogP contribution >= 0.6 is 0 Å². The molecule has 2 N–H and O–H groups in total. The Morgan fingerprint density at radius 2 is 2.03 bits per heavy atom. The number of rotatable bonds is 5. The number of aryl methyl sites for hydroxylation is 1. The number of anilines is 1. The molecule has 0 bridgehead atoms. The summed E-state index contributed by atoms with van der Waals surface area (Å²) in [6.45, 7) is 13.6. The average molecular weight is 445 g/mol. The third kappa shape index (κ3) is 4.11. The van der Waals surface area contributed by atoms with E-state index in [4.69, 9.17) is 11.6 Å². The maximum Gasteiger partial charge on any atom is 0.190 e. The maximum atomic E-state index is 14.4. The molecule has 9 heteroatoms. The third-order valence-corrected chi connectivity index (χ3v) is 5.38. The third-order valence-electron chi connectivity index (χ3n) is 5.38. The second-order valence-corrected chi connectivity index (χ2v) is 9.03. The number of fused-ring (bicyclic) bond motifs is 3. The summed E-state index contributed by atoms with van der Waals surface area (Å²) in [5.74, 6) is 0.122. The molecule has 4 rings (SSSR count). The first-order chi connectivity index (χ1) is 15.6. The van der Waals surface area contributed by atoms with Crippen molar-refractivity contribution in [3.8, 4) is 17.3 Å². The molecule has 3 aromatic heterocycles. The van der Waals surface area contributed by atoms with E-state index < -0.39 is 11.9 Å². The van der Waals surface area contributed by atoms with Gasteiger partial charge in [-0.25, -0.2) is 19.2 Å². The van der Waals surface area contributed by atoms with Gasteiger partial charge in [-0.3, -0.25) is 5.32 Å². The second kappa shape index (κ2) is 8.19. The van der Waals surface area contributed by atoms with Crippen molar-refractivity contribution in [3.63, 3.8) is 0 Å². The molecular weight excluding hydrogens is 419 g/mol. The Kier molecular flexibility index (Phi) is 5.52. The van der Waals surface area contributed by atoms with Gasteiger partial charge in [-0.2, -0.15) is 5.26 Å². The molecule has 0 fully saturated rings. The Balaban J connectivity index is 2.04. The minimum absolute atomic E-state index is 0.209. The van der Waals surface area contributed by atoms with Crippen LogP contribution in [0.3, 0.4) is 0 Å². The summed E-state index contributed by atoms with van der Waals surface area (Å²) in [5.41, 5.74) is 3.40. The highest BCUT2D eigenvalue weighted by atomic mass is 19.1. The number of halogens is 1. The summed E-state index contributed by atoms with van der Waals surface area (Å²) in [6.07, 6.45) is 1.72. The van der Waals surface area contributed by atoms with Crippen LogP contribution in [0.15, 0.2) is 30.6 Å². The van der Waals surface area contributed by atoms with Gasteiger partial charge in [-0.1, -0.05) is 0 Å². The van der Waals surface area contributed by atoms with E-state index in [1.807, 2.05) is 43.0 Å². The lowest BCUT2D eigenvalue weighted by Crippen LogP contribution is -2.45. The van der Waals surface area contributed by atoms with E-state index in [1.165, 1.54) is 12.1 Å². The Bertz CT molecular complexity index is 1440. The van der Waals surface area contributed by atoms with Crippen LogP contribution < -0.4 is 10.6 Å². The van der Waals surface area contributed by atoms with E-state index in [-0.39, 0.29) is 17.8 Å². The minimum atomic E-state index is -0.518. The number of nitrogens with zero attached hydrogens (tertiary/aromatic N) is 6. The van der Waals surface area contributed by atoms with Crippen LogP contribution in [0.2, 0.25) is 0 Å². The van der Waals surface area contributed by atoms with Crippen molar-refractivity contribution in [2.45, 2.75) is 38.9 Å². The van der Waals surface area contributed by atoms with Crippen molar-refractivity contribution in [2.24, 2.45) is 7.05 Å². The zero-order valence-electron chi connectivity index (χ0n) is 19.2. The number of benzene rings is 1.